The molecule has 1 aliphatic heterocycles. The van der Waals surface area contributed by atoms with Crippen LogP contribution in [-0.4, -0.2) is 29.4 Å². The average Bonchev–Trinajstić information content (AvgIpc) is 2.38. The van der Waals surface area contributed by atoms with Gasteiger partial charge in [-0.3, -0.25) is 10.7 Å². The van der Waals surface area contributed by atoms with Crippen LogP contribution in [0.25, 0.3) is 0 Å². The van der Waals surface area contributed by atoms with Gasteiger partial charge < -0.3 is 4.90 Å². The second-order valence-electron chi connectivity index (χ2n) is 5.09. The molecule has 4 nitrogen and oxygen atoms in total. The van der Waals surface area contributed by atoms with Gasteiger partial charge in [0.25, 0.3) is 0 Å². The van der Waals surface area contributed by atoms with E-state index in [1.807, 2.05) is 0 Å². The molecule has 0 aromatic carbocycles. The summed E-state index contributed by atoms with van der Waals surface area (Å²) in [6.45, 7) is 4.47. The average molecular weight is 209 g/mol. The quantitative estimate of drug-likeness (QED) is 0.628. The summed E-state index contributed by atoms with van der Waals surface area (Å²) < 4.78 is 0. The van der Waals surface area contributed by atoms with Crippen LogP contribution in [0, 0.1) is 17.2 Å². The molecule has 2 fully saturated rings. The number of urea groups is 1. The van der Waals surface area contributed by atoms with E-state index in [1.165, 1.54) is 0 Å². The van der Waals surface area contributed by atoms with Crippen LogP contribution >= 0.6 is 0 Å². The first-order valence-corrected chi connectivity index (χ1v) is 5.61. The van der Waals surface area contributed by atoms with E-state index in [-0.39, 0.29) is 11.6 Å². The molecule has 2 aliphatic rings. The Morgan fingerprint density at radius 1 is 1.47 bits per heavy atom. The van der Waals surface area contributed by atoms with E-state index < -0.39 is 0 Å². The number of hydrogen-bond acceptors (Lipinski definition) is 2. The monoisotopic (exact) mass is 209 g/mol. The molecular weight excluding hydrogens is 190 g/mol. The largest absolute Gasteiger partial charge is 0.323 e. The number of carbonyl (C=O) groups excluding carboxylic acids is 1. The maximum Gasteiger partial charge on any atom is 0.323 e. The molecule has 2 N–H and O–H groups in total. The standard InChI is InChI=1S/C11H19N3O/c1-7-4-5-11(6-8(7)2)9(12)13-10(15)14(11)3/h7-8H,4-6H2,1-3H3,(H2,12,13,15). The first-order chi connectivity index (χ1) is 6.97. The minimum Gasteiger partial charge on any atom is -0.315 e. The van der Waals surface area contributed by atoms with Crippen LogP contribution in [0.2, 0.25) is 0 Å². The zero-order valence-corrected chi connectivity index (χ0v) is 9.63. The molecule has 1 aliphatic carbocycles. The summed E-state index contributed by atoms with van der Waals surface area (Å²) in [6, 6.07) is -0.123. The molecule has 84 valence electrons. The molecule has 0 aromatic heterocycles. The topological polar surface area (TPSA) is 56.2 Å². The van der Waals surface area contributed by atoms with Crippen LogP contribution in [0.5, 0.6) is 0 Å². The fourth-order valence-electron chi connectivity index (χ4n) is 2.79. The van der Waals surface area contributed by atoms with Gasteiger partial charge in [-0.1, -0.05) is 13.8 Å². The van der Waals surface area contributed by atoms with Crippen molar-refractivity contribution in [3.63, 3.8) is 0 Å². The third kappa shape index (κ3) is 1.34. The van der Waals surface area contributed by atoms with Crippen LogP contribution in [0.1, 0.15) is 33.1 Å². The number of nitrogens with one attached hydrogen (secondary N) is 2. The van der Waals surface area contributed by atoms with Gasteiger partial charge >= 0.3 is 6.03 Å². The van der Waals surface area contributed by atoms with Crippen molar-refractivity contribution in [3.8, 4) is 0 Å². The zero-order chi connectivity index (χ0) is 11.2. The van der Waals surface area contributed by atoms with Crippen LogP contribution in [0.15, 0.2) is 0 Å². The normalized spacial score (nSPS) is 41.1. The van der Waals surface area contributed by atoms with Gasteiger partial charge in [0.1, 0.15) is 11.4 Å². The molecule has 4 heteroatoms. The van der Waals surface area contributed by atoms with Crippen molar-refractivity contribution < 1.29 is 4.79 Å². The number of amidine groups is 1. The number of amides is 2. The Bertz CT molecular complexity index is 315. The third-order valence-electron chi connectivity index (χ3n) is 4.29. The van der Waals surface area contributed by atoms with Crippen molar-refractivity contribution in [3.05, 3.63) is 0 Å². The number of nitrogens with zero attached hydrogens (tertiary/aromatic N) is 1. The molecule has 3 atom stereocenters. The predicted octanol–water partition coefficient (Wildman–Crippen LogP) is 1.81. The molecule has 2 amide bonds. The predicted molar refractivity (Wildman–Crippen MR) is 58.9 cm³/mol. The minimum atomic E-state index is -0.330. The molecule has 0 bridgehead atoms. The number of carbonyl (C=O) groups is 1. The number of rotatable bonds is 0. The molecule has 2 rings (SSSR count). The Balaban J connectivity index is 2.27. The van der Waals surface area contributed by atoms with E-state index in [0.29, 0.717) is 17.7 Å². The molecule has 15 heavy (non-hydrogen) atoms. The highest BCUT2D eigenvalue weighted by molar-refractivity contribution is 6.08. The maximum atomic E-state index is 11.5. The molecule has 3 unspecified atom stereocenters. The van der Waals surface area contributed by atoms with E-state index in [2.05, 4.69) is 19.2 Å². The smallest absolute Gasteiger partial charge is 0.315 e. The Morgan fingerprint density at radius 2 is 2.13 bits per heavy atom. The Labute approximate surface area is 90.5 Å². The lowest BCUT2D eigenvalue weighted by atomic mass is 9.70. The first kappa shape index (κ1) is 10.5. The van der Waals surface area contributed by atoms with Gasteiger partial charge in [0, 0.05) is 7.05 Å². The van der Waals surface area contributed by atoms with E-state index >= 15 is 0 Å². The number of likely N-dealkylation sites (N-methyl/N-ethyl adjacent to an activating group) is 1. The van der Waals surface area contributed by atoms with Gasteiger partial charge in [-0.05, 0) is 31.1 Å². The first-order valence-electron chi connectivity index (χ1n) is 5.61. The van der Waals surface area contributed by atoms with Crippen LogP contribution in [0.4, 0.5) is 4.79 Å². The minimum absolute atomic E-state index is 0.123. The van der Waals surface area contributed by atoms with Crippen LogP contribution in [-0.2, 0) is 0 Å². The summed E-state index contributed by atoms with van der Waals surface area (Å²) in [6.07, 6.45) is 2.94. The summed E-state index contributed by atoms with van der Waals surface area (Å²) >= 11 is 0. The lowest BCUT2D eigenvalue weighted by molar-refractivity contribution is 0.120. The van der Waals surface area contributed by atoms with Crippen molar-refractivity contribution in [1.29, 1.82) is 5.41 Å². The van der Waals surface area contributed by atoms with Crippen molar-refractivity contribution in [2.45, 2.75) is 38.6 Å². The lowest BCUT2D eigenvalue weighted by Gasteiger charge is -2.42. The maximum absolute atomic E-state index is 11.5. The van der Waals surface area contributed by atoms with Crippen LogP contribution in [0.3, 0.4) is 0 Å². The second kappa shape index (κ2) is 3.22. The molecule has 1 saturated carbocycles. The third-order valence-corrected chi connectivity index (χ3v) is 4.29. The van der Waals surface area contributed by atoms with Crippen molar-refractivity contribution >= 4 is 11.9 Å². The summed E-state index contributed by atoms with van der Waals surface area (Å²) in [7, 11) is 1.81. The van der Waals surface area contributed by atoms with E-state index in [1.54, 1.807) is 11.9 Å². The van der Waals surface area contributed by atoms with Gasteiger partial charge in [0.15, 0.2) is 0 Å². The molecule has 1 saturated heterocycles. The van der Waals surface area contributed by atoms with E-state index in [4.69, 9.17) is 5.41 Å². The summed E-state index contributed by atoms with van der Waals surface area (Å²) in [5.41, 5.74) is -0.330. The second-order valence-corrected chi connectivity index (χ2v) is 5.09. The highest BCUT2D eigenvalue weighted by Gasteiger charge is 2.51. The van der Waals surface area contributed by atoms with Crippen molar-refractivity contribution in [1.82, 2.24) is 10.2 Å². The van der Waals surface area contributed by atoms with Gasteiger partial charge in [0.05, 0.1) is 0 Å². The van der Waals surface area contributed by atoms with Crippen LogP contribution < -0.4 is 5.32 Å². The Kier molecular flexibility index (Phi) is 2.24. The molecule has 1 heterocycles. The Hall–Kier alpha value is -1.06. The summed E-state index contributed by atoms with van der Waals surface area (Å²) in [5.74, 6) is 1.68. The molecule has 0 aromatic rings. The molecule has 0 radical (unpaired) electrons. The fraction of sp³-hybridized carbons (Fsp3) is 0.818. The molecule has 1 spiro atoms. The van der Waals surface area contributed by atoms with E-state index in [9.17, 15) is 4.79 Å². The fourth-order valence-corrected chi connectivity index (χ4v) is 2.79. The number of hydrogen-bond donors (Lipinski definition) is 2. The summed E-state index contributed by atoms with van der Waals surface area (Å²) in [5, 5.41) is 10.6. The SMILES string of the molecule is CC1CCC2(CC1C)C(=N)NC(=O)N2C. The van der Waals surface area contributed by atoms with Crippen molar-refractivity contribution in [2.24, 2.45) is 11.8 Å². The van der Waals surface area contributed by atoms with Gasteiger partial charge in [-0.25, -0.2) is 4.79 Å². The lowest BCUT2D eigenvalue weighted by Crippen LogP contribution is -2.51. The molecular formula is C11H19N3O. The van der Waals surface area contributed by atoms with Gasteiger partial charge in [-0.15, -0.1) is 0 Å². The summed E-state index contributed by atoms with van der Waals surface area (Å²) in [4.78, 5) is 13.2. The van der Waals surface area contributed by atoms with Gasteiger partial charge in [-0.2, -0.15) is 0 Å². The zero-order valence-electron chi connectivity index (χ0n) is 9.63. The highest BCUT2D eigenvalue weighted by atomic mass is 16.2. The van der Waals surface area contributed by atoms with Crippen molar-refractivity contribution in [2.75, 3.05) is 7.05 Å². The van der Waals surface area contributed by atoms with E-state index in [0.717, 1.165) is 19.3 Å². The Morgan fingerprint density at radius 3 is 2.60 bits per heavy atom. The highest BCUT2D eigenvalue weighted by Crippen LogP contribution is 2.41. The van der Waals surface area contributed by atoms with Gasteiger partial charge in [0.2, 0.25) is 0 Å².